The molecule has 0 saturated heterocycles. The topological polar surface area (TPSA) is 94.9 Å². The number of carbonyl (C=O) groups excluding carboxylic acids is 1. The molecule has 10 heteroatoms. The molecular formula is C34H41BrN4O5. The third kappa shape index (κ3) is 6.61. The second-order valence-electron chi connectivity index (χ2n) is 11.2. The number of para-hydroxylation sites is 2. The Labute approximate surface area is 267 Å². The van der Waals surface area contributed by atoms with Crippen LogP contribution < -0.4 is 20.3 Å². The molecule has 1 N–H and O–H groups in total. The van der Waals surface area contributed by atoms with E-state index < -0.39 is 6.04 Å². The van der Waals surface area contributed by atoms with Crippen LogP contribution in [-0.2, 0) is 4.74 Å². The van der Waals surface area contributed by atoms with Gasteiger partial charge in [0.05, 0.1) is 47.9 Å². The molecule has 44 heavy (non-hydrogen) atoms. The van der Waals surface area contributed by atoms with Gasteiger partial charge < -0.3 is 24.4 Å². The fourth-order valence-electron chi connectivity index (χ4n) is 5.32. The molecule has 2 amide bonds. The zero-order chi connectivity index (χ0) is 32.1. The van der Waals surface area contributed by atoms with Crippen molar-refractivity contribution >= 4 is 38.6 Å². The van der Waals surface area contributed by atoms with Crippen molar-refractivity contribution in [3.63, 3.8) is 0 Å². The quantitative estimate of drug-likeness (QED) is 0.177. The van der Waals surface area contributed by atoms with Gasteiger partial charge in [0, 0.05) is 31.5 Å². The van der Waals surface area contributed by atoms with Gasteiger partial charge in [-0.25, -0.2) is 9.78 Å². The first kappa shape index (κ1) is 33.0. The highest BCUT2D eigenvalue weighted by atomic mass is 79.9. The molecule has 3 aromatic carbocycles. The number of rotatable bonds is 11. The van der Waals surface area contributed by atoms with Crippen molar-refractivity contribution in [3.05, 3.63) is 86.4 Å². The van der Waals surface area contributed by atoms with Crippen molar-refractivity contribution < 1.29 is 19.0 Å². The van der Waals surface area contributed by atoms with E-state index in [1.165, 1.54) is 4.57 Å². The predicted molar refractivity (Wildman–Crippen MR) is 179 cm³/mol. The third-order valence-corrected chi connectivity index (χ3v) is 8.53. The second kappa shape index (κ2) is 14.3. The Morgan fingerprint density at radius 2 is 1.61 bits per heavy atom. The van der Waals surface area contributed by atoms with Gasteiger partial charge in [-0.3, -0.25) is 9.36 Å². The maximum atomic E-state index is 14.2. The summed E-state index contributed by atoms with van der Waals surface area (Å²) >= 11 is 3.64. The molecule has 0 spiro atoms. The van der Waals surface area contributed by atoms with Gasteiger partial charge in [-0.2, -0.15) is 0 Å². The summed E-state index contributed by atoms with van der Waals surface area (Å²) in [6.45, 7) is 10.9. The smallest absolute Gasteiger partial charge is 0.322 e. The Morgan fingerprint density at radius 3 is 2.20 bits per heavy atom. The summed E-state index contributed by atoms with van der Waals surface area (Å²) in [5.74, 6) is 1.75. The number of aromatic nitrogens is 2. The molecule has 0 saturated carbocycles. The zero-order valence-corrected chi connectivity index (χ0v) is 28.2. The summed E-state index contributed by atoms with van der Waals surface area (Å²) in [6.07, 6.45) is 0. The van der Waals surface area contributed by atoms with Crippen LogP contribution in [0, 0.1) is 0 Å². The van der Waals surface area contributed by atoms with E-state index in [9.17, 15) is 9.59 Å². The number of anilines is 1. The number of fused-ring (bicyclic) bond motifs is 1. The number of urea groups is 1. The highest BCUT2D eigenvalue weighted by molar-refractivity contribution is 9.10. The van der Waals surface area contributed by atoms with Crippen molar-refractivity contribution in [1.82, 2.24) is 14.5 Å². The number of amides is 2. The molecule has 4 rings (SSSR count). The molecule has 9 nitrogen and oxygen atoms in total. The van der Waals surface area contributed by atoms with Gasteiger partial charge in [0.25, 0.3) is 5.56 Å². The summed E-state index contributed by atoms with van der Waals surface area (Å²) in [4.78, 5) is 35.1. The molecule has 0 aliphatic heterocycles. The second-order valence-corrected chi connectivity index (χ2v) is 12.0. The first-order chi connectivity index (χ1) is 21.0. The molecule has 1 heterocycles. The van der Waals surface area contributed by atoms with Gasteiger partial charge in [-0.1, -0.05) is 58.0 Å². The molecule has 234 valence electrons. The molecule has 0 radical (unpaired) electrons. The standard InChI is InChI=1S/C34H41BrN4O5/c1-20(2)24-13-11-14-25(21(3)4)31(24)37-34(41)38(16-17-42-6)22(5)32-36-27-15-10-9-12-26(27)33(40)39(32)28-18-23(43-7)19-29(44-8)30(28)35/h9-15,18-22H,16-17H2,1-8H3,(H,37,41). The van der Waals surface area contributed by atoms with E-state index in [1.54, 1.807) is 56.6 Å². The van der Waals surface area contributed by atoms with Crippen LogP contribution in [0.1, 0.15) is 69.4 Å². The molecule has 0 bridgehead atoms. The average molecular weight is 666 g/mol. The number of halogens is 1. The van der Waals surface area contributed by atoms with Gasteiger partial charge in [-0.15, -0.1) is 0 Å². The summed E-state index contributed by atoms with van der Waals surface area (Å²) in [6, 6.07) is 15.8. The Morgan fingerprint density at radius 1 is 0.955 bits per heavy atom. The Bertz CT molecular complexity index is 1680. The first-order valence-electron chi connectivity index (χ1n) is 14.7. The largest absolute Gasteiger partial charge is 0.497 e. The number of ether oxygens (including phenoxy) is 3. The minimum atomic E-state index is -0.653. The van der Waals surface area contributed by atoms with E-state index in [1.807, 2.05) is 31.2 Å². The molecule has 4 aromatic rings. The zero-order valence-electron chi connectivity index (χ0n) is 26.6. The van der Waals surface area contributed by atoms with E-state index in [2.05, 4.69) is 48.9 Å². The first-order valence-corrected chi connectivity index (χ1v) is 15.5. The van der Waals surface area contributed by atoms with Gasteiger partial charge in [-0.05, 0) is 57.9 Å². The van der Waals surface area contributed by atoms with Gasteiger partial charge in [0.15, 0.2) is 0 Å². The van der Waals surface area contributed by atoms with E-state index in [0.29, 0.717) is 38.4 Å². The number of hydrogen-bond acceptors (Lipinski definition) is 6. The van der Waals surface area contributed by atoms with Crippen molar-refractivity contribution in [3.8, 4) is 17.2 Å². The van der Waals surface area contributed by atoms with Crippen molar-refractivity contribution in [2.75, 3.05) is 39.8 Å². The fraction of sp³-hybridized carbons (Fsp3) is 0.382. The lowest BCUT2D eigenvalue weighted by atomic mass is 9.93. The third-order valence-electron chi connectivity index (χ3n) is 7.73. The van der Waals surface area contributed by atoms with Crippen LogP contribution in [0.5, 0.6) is 11.5 Å². The molecule has 0 aliphatic rings. The SMILES string of the molecule is COCCN(C(=O)Nc1c(C(C)C)cccc1C(C)C)C(C)c1nc2ccccc2c(=O)n1-c1cc(OC)cc(OC)c1Br. The summed E-state index contributed by atoms with van der Waals surface area (Å²) < 4.78 is 18.6. The van der Waals surface area contributed by atoms with Crippen LogP contribution in [0.4, 0.5) is 10.5 Å². The maximum Gasteiger partial charge on any atom is 0.322 e. The number of hydrogen-bond donors (Lipinski definition) is 1. The summed E-state index contributed by atoms with van der Waals surface area (Å²) in [5, 5.41) is 3.67. The van der Waals surface area contributed by atoms with Crippen molar-refractivity contribution in [2.45, 2.75) is 52.5 Å². The minimum absolute atomic E-state index is 0.196. The Hall–Kier alpha value is -3.89. The fourth-order valence-corrected chi connectivity index (χ4v) is 5.89. The number of nitrogens with zero attached hydrogens (tertiary/aromatic N) is 3. The lowest BCUT2D eigenvalue weighted by molar-refractivity contribution is 0.137. The van der Waals surface area contributed by atoms with Crippen molar-refractivity contribution in [2.24, 2.45) is 0 Å². The number of benzene rings is 3. The number of nitrogens with one attached hydrogen (secondary N) is 1. The van der Waals surface area contributed by atoms with E-state index in [4.69, 9.17) is 19.2 Å². The van der Waals surface area contributed by atoms with E-state index in [0.717, 1.165) is 16.8 Å². The Kier molecular flexibility index (Phi) is 10.7. The normalized spacial score (nSPS) is 12.1. The molecule has 1 atom stereocenters. The van der Waals surface area contributed by atoms with Crippen molar-refractivity contribution in [1.29, 1.82) is 0 Å². The average Bonchev–Trinajstić information content (AvgIpc) is 3.01. The molecular weight excluding hydrogens is 624 g/mol. The summed E-state index contributed by atoms with van der Waals surface area (Å²) in [7, 11) is 4.69. The predicted octanol–water partition coefficient (Wildman–Crippen LogP) is 7.65. The maximum absolute atomic E-state index is 14.2. The van der Waals surface area contributed by atoms with Crippen LogP contribution in [0.25, 0.3) is 16.6 Å². The summed E-state index contributed by atoms with van der Waals surface area (Å²) in [5.41, 5.74) is 3.63. The lowest BCUT2D eigenvalue weighted by Gasteiger charge is -2.32. The lowest BCUT2D eigenvalue weighted by Crippen LogP contribution is -2.42. The number of carbonyl (C=O) groups is 1. The van der Waals surface area contributed by atoms with Gasteiger partial charge in [0.2, 0.25) is 0 Å². The molecule has 0 aliphatic carbocycles. The molecule has 1 aromatic heterocycles. The molecule has 0 fully saturated rings. The van der Waals surface area contributed by atoms with Crippen LogP contribution in [0.3, 0.4) is 0 Å². The van der Waals surface area contributed by atoms with E-state index in [-0.39, 0.29) is 36.6 Å². The highest BCUT2D eigenvalue weighted by Crippen LogP contribution is 2.37. The number of methoxy groups -OCH3 is 3. The van der Waals surface area contributed by atoms with Crippen LogP contribution >= 0.6 is 15.9 Å². The van der Waals surface area contributed by atoms with Crippen LogP contribution in [0.2, 0.25) is 0 Å². The Balaban J connectivity index is 1.93. The van der Waals surface area contributed by atoms with Crippen LogP contribution in [-0.4, -0.2) is 55.0 Å². The van der Waals surface area contributed by atoms with Gasteiger partial charge >= 0.3 is 6.03 Å². The highest BCUT2D eigenvalue weighted by Gasteiger charge is 2.29. The van der Waals surface area contributed by atoms with E-state index >= 15 is 0 Å². The van der Waals surface area contributed by atoms with Gasteiger partial charge in [0.1, 0.15) is 17.3 Å². The molecule has 1 unspecified atom stereocenters. The monoisotopic (exact) mass is 664 g/mol. The van der Waals surface area contributed by atoms with Crippen LogP contribution in [0.15, 0.2) is 63.9 Å². The minimum Gasteiger partial charge on any atom is -0.497 e.